The number of anilines is 1. The fraction of sp³-hybridized carbons (Fsp3) is 0.267. The molecule has 6 heteroatoms. The molecule has 2 rings (SSSR count). The van der Waals surface area contributed by atoms with E-state index in [4.69, 9.17) is 5.73 Å². The molecule has 21 heavy (non-hydrogen) atoms. The summed E-state index contributed by atoms with van der Waals surface area (Å²) < 4.78 is 0. The number of carbonyl (C=O) groups is 2. The summed E-state index contributed by atoms with van der Waals surface area (Å²) in [5, 5.41) is 6.55. The van der Waals surface area contributed by atoms with Gasteiger partial charge >= 0.3 is 0 Å². The molecule has 0 aliphatic heterocycles. The average molecular weight is 286 g/mol. The Bertz CT molecular complexity index is 710. The molecular formula is C15H18N4O2. The summed E-state index contributed by atoms with van der Waals surface area (Å²) in [6.07, 6.45) is 0. The van der Waals surface area contributed by atoms with Gasteiger partial charge in [-0.3, -0.25) is 9.59 Å². The standard InChI is InChI=1S/C15H18N4O2/c1-15(2,14(16)21)19-13(20)12-8-11(17-3)9-6-4-5-7-10(9)18-12/h4-8H,1-3H3,(H2,16,21)(H,17,18)(H,19,20). The maximum Gasteiger partial charge on any atom is 0.270 e. The van der Waals surface area contributed by atoms with E-state index in [1.807, 2.05) is 24.3 Å². The van der Waals surface area contributed by atoms with E-state index in [0.717, 1.165) is 11.1 Å². The molecule has 6 nitrogen and oxygen atoms in total. The quantitative estimate of drug-likeness (QED) is 0.788. The Balaban J connectivity index is 2.43. The number of fused-ring (bicyclic) bond motifs is 1. The number of amides is 2. The first kappa shape index (κ1) is 14.8. The van der Waals surface area contributed by atoms with Gasteiger partial charge in [0.15, 0.2) is 0 Å². The molecule has 0 bridgehead atoms. The highest BCUT2D eigenvalue weighted by molar-refractivity contribution is 6.01. The zero-order valence-electron chi connectivity index (χ0n) is 12.2. The molecule has 4 N–H and O–H groups in total. The Morgan fingerprint density at radius 3 is 2.52 bits per heavy atom. The van der Waals surface area contributed by atoms with Crippen LogP contribution in [0.25, 0.3) is 10.9 Å². The van der Waals surface area contributed by atoms with Crippen LogP contribution in [0, 0.1) is 0 Å². The number of para-hydroxylation sites is 1. The monoisotopic (exact) mass is 286 g/mol. The van der Waals surface area contributed by atoms with Gasteiger partial charge in [0, 0.05) is 18.1 Å². The molecule has 0 radical (unpaired) electrons. The molecule has 1 aromatic carbocycles. The number of rotatable bonds is 4. The first-order chi connectivity index (χ1) is 9.85. The van der Waals surface area contributed by atoms with E-state index in [1.165, 1.54) is 0 Å². The lowest BCUT2D eigenvalue weighted by Crippen LogP contribution is -2.53. The van der Waals surface area contributed by atoms with Crippen LogP contribution in [-0.4, -0.2) is 29.4 Å². The van der Waals surface area contributed by atoms with E-state index in [9.17, 15) is 9.59 Å². The van der Waals surface area contributed by atoms with Gasteiger partial charge in [0.2, 0.25) is 5.91 Å². The number of benzene rings is 1. The predicted molar refractivity (Wildman–Crippen MR) is 82.0 cm³/mol. The molecule has 0 aliphatic rings. The molecule has 0 fully saturated rings. The zero-order valence-corrected chi connectivity index (χ0v) is 12.2. The molecule has 2 aromatic rings. The van der Waals surface area contributed by atoms with Crippen molar-refractivity contribution in [2.75, 3.05) is 12.4 Å². The molecule has 0 saturated carbocycles. The summed E-state index contributed by atoms with van der Waals surface area (Å²) >= 11 is 0. The lowest BCUT2D eigenvalue weighted by atomic mass is 10.0. The van der Waals surface area contributed by atoms with Crippen molar-refractivity contribution in [3.8, 4) is 0 Å². The summed E-state index contributed by atoms with van der Waals surface area (Å²) in [4.78, 5) is 27.9. The molecule has 0 spiro atoms. The van der Waals surface area contributed by atoms with E-state index in [2.05, 4.69) is 15.6 Å². The fourth-order valence-electron chi connectivity index (χ4n) is 1.91. The van der Waals surface area contributed by atoms with E-state index in [1.54, 1.807) is 27.0 Å². The van der Waals surface area contributed by atoms with E-state index in [-0.39, 0.29) is 5.69 Å². The van der Waals surface area contributed by atoms with Gasteiger partial charge < -0.3 is 16.4 Å². The van der Waals surface area contributed by atoms with Gasteiger partial charge in [-0.2, -0.15) is 0 Å². The van der Waals surface area contributed by atoms with Gasteiger partial charge in [-0.05, 0) is 26.0 Å². The summed E-state index contributed by atoms with van der Waals surface area (Å²) in [6, 6.07) is 9.15. The number of nitrogens with two attached hydrogens (primary N) is 1. The van der Waals surface area contributed by atoms with E-state index in [0.29, 0.717) is 5.52 Å². The van der Waals surface area contributed by atoms with Crippen molar-refractivity contribution in [1.82, 2.24) is 10.3 Å². The number of nitrogens with one attached hydrogen (secondary N) is 2. The minimum absolute atomic E-state index is 0.229. The molecule has 1 aromatic heterocycles. The van der Waals surface area contributed by atoms with E-state index >= 15 is 0 Å². The van der Waals surface area contributed by atoms with Crippen LogP contribution >= 0.6 is 0 Å². The SMILES string of the molecule is CNc1cc(C(=O)NC(C)(C)C(N)=O)nc2ccccc12. The number of hydrogen-bond acceptors (Lipinski definition) is 4. The number of primary amides is 1. The molecule has 0 saturated heterocycles. The molecule has 110 valence electrons. The summed E-state index contributed by atoms with van der Waals surface area (Å²) in [7, 11) is 1.77. The number of pyridine rings is 1. The lowest BCUT2D eigenvalue weighted by molar-refractivity contribution is -0.122. The van der Waals surface area contributed by atoms with Crippen LogP contribution in [0.1, 0.15) is 24.3 Å². The lowest BCUT2D eigenvalue weighted by Gasteiger charge is -2.22. The van der Waals surface area contributed by atoms with Gasteiger partial charge in [-0.15, -0.1) is 0 Å². The van der Waals surface area contributed by atoms with Crippen LogP contribution < -0.4 is 16.4 Å². The average Bonchev–Trinajstić information content (AvgIpc) is 2.45. The third-order valence-electron chi connectivity index (χ3n) is 3.26. The van der Waals surface area contributed by atoms with Crippen molar-refractivity contribution < 1.29 is 9.59 Å². The van der Waals surface area contributed by atoms with E-state index < -0.39 is 17.4 Å². The molecular weight excluding hydrogens is 268 g/mol. The first-order valence-electron chi connectivity index (χ1n) is 6.55. The number of hydrogen-bond donors (Lipinski definition) is 3. The molecule has 2 amide bonds. The molecule has 0 atom stereocenters. The summed E-state index contributed by atoms with van der Waals surface area (Å²) in [6.45, 7) is 3.10. The van der Waals surface area contributed by atoms with Gasteiger partial charge in [-0.25, -0.2) is 4.98 Å². The highest BCUT2D eigenvalue weighted by Crippen LogP contribution is 2.22. The van der Waals surface area contributed by atoms with Gasteiger partial charge in [0.05, 0.1) is 5.52 Å². The highest BCUT2D eigenvalue weighted by atomic mass is 16.2. The van der Waals surface area contributed by atoms with Crippen molar-refractivity contribution >= 4 is 28.4 Å². The second-order valence-electron chi connectivity index (χ2n) is 5.27. The molecule has 0 unspecified atom stereocenters. The van der Waals surface area contributed by atoms with Crippen molar-refractivity contribution in [2.24, 2.45) is 5.73 Å². The first-order valence-corrected chi connectivity index (χ1v) is 6.55. The molecule has 0 aliphatic carbocycles. The summed E-state index contributed by atoms with van der Waals surface area (Å²) in [5.41, 5.74) is 5.85. The van der Waals surface area contributed by atoms with Crippen LogP contribution in [0.4, 0.5) is 5.69 Å². The number of carbonyl (C=O) groups excluding carboxylic acids is 2. The zero-order chi connectivity index (χ0) is 15.6. The smallest absolute Gasteiger partial charge is 0.270 e. The van der Waals surface area contributed by atoms with Crippen LogP contribution in [0.2, 0.25) is 0 Å². The van der Waals surface area contributed by atoms with Crippen molar-refractivity contribution in [1.29, 1.82) is 0 Å². The highest BCUT2D eigenvalue weighted by Gasteiger charge is 2.28. The minimum atomic E-state index is -1.13. The summed E-state index contributed by atoms with van der Waals surface area (Å²) in [5.74, 6) is -1.05. The second kappa shape index (κ2) is 5.40. The Labute approximate surface area is 122 Å². The second-order valence-corrected chi connectivity index (χ2v) is 5.27. The maximum absolute atomic E-state index is 12.3. The third kappa shape index (κ3) is 2.94. The van der Waals surface area contributed by atoms with Crippen LogP contribution in [0.3, 0.4) is 0 Å². The fourth-order valence-corrected chi connectivity index (χ4v) is 1.91. The van der Waals surface area contributed by atoms with Gasteiger partial charge in [-0.1, -0.05) is 18.2 Å². The van der Waals surface area contributed by atoms with Gasteiger partial charge in [0.25, 0.3) is 5.91 Å². The Morgan fingerprint density at radius 2 is 1.90 bits per heavy atom. The normalized spacial score (nSPS) is 11.2. The van der Waals surface area contributed by atoms with Crippen LogP contribution in [-0.2, 0) is 4.79 Å². The van der Waals surface area contributed by atoms with Crippen LogP contribution in [0.5, 0.6) is 0 Å². The van der Waals surface area contributed by atoms with Crippen LogP contribution in [0.15, 0.2) is 30.3 Å². The van der Waals surface area contributed by atoms with Crippen molar-refractivity contribution in [3.05, 3.63) is 36.0 Å². The maximum atomic E-state index is 12.3. The van der Waals surface area contributed by atoms with Crippen molar-refractivity contribution in [2.45, 2.75) is 19.4 Å². The Hall–Kier alpha value is -2.63. The topological polar surface area (TPSA) is 97.1 Å². The Kier molecular flexibility index (Phi) is 3.80. The minimum Gasteiger partial charge on any atom is -0.388 e. The molecule has 1 heterocycles. The number of aromatic nitrogens is 1. The predicted octanol–water partition coefficient (Wildman–Crippen LogP) is 1.27. The van der Waals surface area contributed by atoms with Gasteiger partial charge in [0.1, 0.15) is 11.2 Å². The number of nitrogens with zero attached hydrogens (tertiary/aromatic N) is 1. The largest absolute Gasteiger partial charge is 0.388 e. The Morgan fingerprint density at radius 1 is 1.24 bits per heavy atom. The third-order valence-corrected chi connectivity index (χ3v) is 3.26. The van der Waals surface area contributed by atoms with Crippen molar-refractivity contribution in [3.63, 3.8) is 0 Å².